The summed E-state index contributed by atoms with van der Waals surface area (Å²) in [4.78, 5) is 34.0. The number of hydrogen-bond acceptors (Lipinski definition) is 7. The van der Waals surface area contributed by atoms with Crippen LogP contribution in [-0.2, 0) is 27.9 Å². The van der Waals surface area contributed by atoms with Crippen LogP contribution < -0.4 is 5.32 Å². The molecule has 0 fully saturated rings. The van der Waals surface area contributed by atoms with E-state index in [0.29, 0.717) is 6.42 Å². The molecule has 350 valence electrons. The topological polar surface area (TPSA) is 131 Å². The molecule has 0 aromatic rings. The molecule has 0 saturated carbocycles. The highest BCUT2D eigenvalue weighted by Crippen LogP contribution is 2.42. The van der Waals surface area contributed by atoms with Crippen molar-refractivity contribution in [2.75, 3.05) is 26.4 Å². The van der Waals surface area contributed by atoms with E-state index in [0.717, 1.165) is 57.8 Å². The van der Waals surface area contributed by atoms with Gasteiger partial charge in [-0.15, -0.1) is 0 Å². The number of phosphoric acid groups is 1. The number of aliphatic hydroxyl groups is 1. The number of hydrogen-bond donors (Lipinski definition) is 3. The van der Waals surface area contributed by atoms with Crippen molar-refractivity contribution in [2.45, 2.75) is 232 Å². The van der Waals surface area contributed by atoms with Gasteiger partial charge in [-0.2, -0.15) is 0 Å². The number of unbranched alkanes of at least 4 members (excludes halogenated alkanes) is 25. The van der Waals surface area contributed by atoms with Gasteiger partial charge in [0.05, 0.1) is 13.2 Å². The fourth-order valence-electron chi connectivity index (χ4n) is 6.74. The maximum absolute atomic E-state index is 12.1. The van der Waals surface area contributed by atoms with Crippen LogP contribution in [0.5, 0.6) is 0 Å². The van der Waals surface area contributed by atoms with Gasteiger partial charge in [-0.1, -0.05) is 184 Å². The van der Waals surface area contributed by atoms with Gasteiger partial charge in [-0.05, 0) is 77.0 Å². The summed E-state index contributed by atoms with van der Waals surface area (Å²) in [6.45, 7) is 3.52. The van der Waals surface area contributed by atoms with Gasteiger partial charge in [-0.3, -0.25) is 18.6 Å². The lowest BCUT2D eigenvalue weighted by molar-refractivity contribution is -0.147. The van der Waals surface area contributed by atoms with Crippen LogP contribution in [0.3, 0.4) is 0 Å². The van der Waals surface area contributed by atoms with E-state index in [2.05, 4.69) is 67.8 Å². The van der Waals surface area contributed by atoms with E-state index in [1.54, 1.807) is 0 Å². The van der Waals surface area contributed by atoms with E-state index in [1.807, 2.05) is 0 Å². The predicted molar refractivity (Wildman–Crippen MR) is 252 cm³/mol. The van der Waals surface area contributed by atoms with Crippen LogP contribution in [0, 0.1) is 0 Å². The van der Waals surface area contributed by atoms with E-state index < -0.39 is 26.5 Å². The van der Waals surface area contributed by atoms with Gasteiger partial charge in [0.15, 0.2) is 0 Å². The maximum atomic E-state index is 12.1. The van der Waals surface area contributed by atoms with Crippen molar-refractivity contribution >= 4 is 19.7 Å². The van der Waals surface area contributed by atoms with Crippen molar-refractivity contribution in [2.24, 2.45) is 0 Å². The molecule has 0 aliphatic carbocycles. The zero-order valence-electron chi connectivity index (χ0n) is 38.7. The van der Waals surface area contributed by atoms with Crippen LogP contribution in [0.1, 0.15) is 226 Å². The van der Waals surface area contributed by atoms with Crippen molar-refractivity contribution in [1.82, 2.24) is 5.32 Å². The van der Waals surface area contributed by atoms with Crippen LogP contribution >= 0.6 is 7.82 Å². The van der Waals surface area contributed by atoms with Crippen LogP contribution in [0.25, 0.3) is 0 Å². The molecule has 0 bridgehead atoms. The molecule has 0 radical (unpaired) electrons. The molecule has 1 amide bonds. The first-order chi connectivity index (χ1) is 29.3. The molecule has 0 spiro atoms. The molecule has 0 aliphatic heterocycles. The Labute approximate surface area is 368 Å². The second kappa shape index (κ2) is 46.5. The summed E-state index contributed by atoms with van der Waals surface area (Å²) in [5.74, 6) is -0.523. The van der Waals surface area contributed by atoms with E-state index in [1.165, 1.54) is 141 Å². The number of aliphatic hydroxyl groups excluding tert-OH is 1. The van der Waals surface area contributed by atoms with Gasteiger partial charge in [0.2, 0.25) is 5.91 Å². The number of rotatable bonds is 46. The van der Waals surface area contributed by atoms with Crippen molar-refractivity contribution in [3.63, 3.8) is 0 Å². The molecule has 0 aliphatic rings. The second-order valence-corrected chi connectivity index (χ2v) is 17.9. The molecular formula is C50H92NO8P. The van der Waals surface area contributed by atoms with Gasteiger partial charge >= 0.3 is 13.8 Å². The van der Waals surface area contributed by atoms with Crippen LogP contribution in [0.15, 0.2) is 48.6 Å². The van der Waals surface area contributed by atoms with Crippen molar-refractivity contribution in [3.8, 4) is 0 Å². The summed E-state index contributed by atoms with van der Waals surface area (Å²) in [7, 11) is -4.42. The standard InChI is InChI=1S/C50H92NO8P/c1-3-5-7-9-11-13-15-17-19-21-23-24-25-27-29-31-33-35-37-39-41-43-50(54)57-46-48(52)47-59-60(55,56)58-45-44-51-49(53)42-40-38-36-34-32-30-28-26-22-20-18-16-14-12-10-8-6-4-2/h11,13-14,16-17,19-20,22,48,52H,3-10,12,15,18,21,23-47H2,1-2H3,(H,51,53)(H,55,56)/b13-11-,16-14-,19-17-,22-20-. The minimum Gasteiger partial charge on any atom is -0.463 e. The minimum absolute atomic E-state index is 0.0766. The number of ether oxygens (including phenoxy) is 1. The molecule has 0 aromatic heterocycles. The Morgan fingerprint density at radius 1 is 0.517 bits per heavy atom. The first kappa shape index (κ1) is 58.0. The highest BCUT2D eigenvalue weighted by atomic mass is 31.2. The fraction of sp³-hybridized carbons (Fsp3) is 0.800. The average Bonchev–Trinajstić information content (AvgIpc) is 3.23. The molecule has 0 aromatic carbocycles. The summed E-state index contributed by atoms with van der Waals surface area (Å²) in [5.41, 5.74) is 0. The van der Waals surface area contributed by atoms with Gasteiger partial charge in [0.25, 0.3) is 0 Å². The summed E-state index contributed by atoms with van der Waals surface area (Å²) in [6, 6.07) is 0. The maximum Gasteiger partial charge on any atom is 0.472 e. The first-order valence-corrected chi connectivity index (χ1v) is 26.1. The van der Waals surface area contributed by atoms with Gasteiger partial charge in [0.1, 0.15) is 12.7 Å². The Morgan fingerprint density at radius 2 is 0.900 bits per heavy atom. The Kier molecular flexibility index (Phi) is 44.9. The lowest BCUT2D eigenvalue weighted by atomic mass is 10.0. The fourth-order valence-corrected chi connectivity index (χ4v) is 7.49. The SMILES string of the molecule is CCCCC/C=C\C/C=C\CCCCCCCCCCCCCC(=O)OCC(O)COP(=O)(O)OCCNC(=O)CCCCCCCCC/C=C\C/C=C\CCCCCC. The summed E-state index contributed by atoms with van der Waals surface area (Å²) in [6.07, 6.45) is 54.7. The third kappa shape index (κ3) is 47.0. The highest BCUT2D eigenvalue weighted by Gasteiger charge is 2.23. The van der Waals surface area contributed by atoms with E-state index in [4.69, 9.17) is 13.8 Å². The Morgan fingerprint density at radius 3 is 1.37 bits per heavy atom. The van der Waals surface area contributed by atoms with Gasteiger partial charge < -0.3 is 20.1 Å². The Hall–Kier alpha value is -2.03. The number of allylic oxidation sites excluding steroid dienone is 8. The summed E-state index contributed by atoms with van der Waals surface area (Å²) >= 11 is 0. The number of nitrogens with one attached hydrogen (secondary N) is 1. The zero-order valence-corrected chi connectivity index (χ0v) is 39.5. The highest BCUT2D eigenvalue weighted by molar-refractivity contribution is 7.47. The molecule has 0 saturated heterocycles. The van der Waals surface area contributed by atoms with Crippen molar-refractivity contribution in [1.29, 1.82) is 0 Å². The second-order valence-electron chi connectivity index (χ2n) is 16.4. The van der Waals surface area contributed by atoms with E-state index in [-0.39, 0.29) is 32.1 Å². The average molecular weight is 866 g/mol. The molecule has 2 atom stereocenters. The lowest BCUT2D eigenvalue weighted by Crippen LogP contribution is -2.27. The van der Waals surface area contributed by atoms with Crippen LogP contribution in [-0.4, -0.2) is 54.3 Å². The molecule has 0 rings (SSSR count). The molecule has 0 heterocycles. The summed E-state index contributed by atoms with van der Waals surface area (Å²) in [5, 5.41) is 12.7. The predicted octanol–water partition coefficient (Wildman–Crippen LogP) is 14.3. The monoisotopic (exact) mass is 866 g/mol. The molecule has 2 unspecified atom stereocenters. The number of carbonyl (C=O) groups is 2. The van der Waals surface area contributed by atoms with Crippen molar-refractivity contribution in [3.05, 3.63) is 48.6 Å². The molecule has 9 nitrogen and oxygen atoms in total. The lowest BCUT2D eigenvalue weighted by Gasteiger charge is -2.15. The number of esters is 1. The van der Waals surface area contributed by atoms with E-state index >= 15 is 0 Å². The van der Waals surface area contributed by atoms with E-state index in [9.17, 15) is 24.2 Å². The van der Waals surface area contributed by atoms with Crippen LogP contribution in [0.4, 0.5) is 0 Å². The molecule has 10 heteroatoms. The Bertz CT molecular complexity index is 1120. The van der Waals surface area contributed by atoms with Crippen LogP contribution in [0.2, 0.25) is 0 Å². The number of phosphoric ester groups is 1. The third-order valence-corrected chi connectivity index (χ3v) is 11.5. The zero-order chi connectivity index (χ0) is 43.9. The van der Waals surface area contributed by atoms with Crippen molar-refractivity contribution < 1.29 is 37.9 Å². The third-order valence-electron chi connectivity index (χ3n) is 10.5. The van der Waals surface area contributed by atoms with Gasteiger partial charge in [0, 0.05) is 19.4 Å². The summed E-state index contributed by atoms with van der Waals surface area (Å²) < 4.78 is 27.0. The van der Waals surface area contributed by atoms with Gasteiger partial charge in [-0.25, -0.2) is 4.57 Å². The quantitative estimate of drug-likeness (QED) is 0.0239. The minimum atomic E-state index is -4.42. The molecular weight excluding hydrogens is 774 g/mol. The normalized spacial score (nSPS) is 13.6. The molecule has 60 heavy (non-hydrogen) atoms. The largest absolute Gasteiger partial charge is 0.472 e. The first-order valence-electron chi connectivity index (χ1n) is 24.6. The smallest absolute Gasteiger partial charge is 0.463 e. The Balaban J connectivity index is 3.58. The molecule has 3 N–H and O–H groups in total. The number of amides is 1. The number of carbonyl (C=O) groups excluding carboxylic acids is 2.